The summed E-state index contributed by atoms with van der Waals surface area (Å²) in [6.45, 7) is 0.0800. The number of benzene rings is 2. The number of nitrogens with one attached hydrogen (secondary N) is 1. The number of amides is 1. The van der Waals surface area contributed by atoms with Crippen molar-refractivity contribution in [3.63, 3.8) is 0 Å². The largest absolute Gasteiger partial charge is 0.311 e. The Morgan fingerprint density at radius 1 is 1.12 bits per heavy atom. The second-order valence-electron chi connectivity index (χ2n) is 5.58. The molecule has 1 amide bonds. The minimum Gasteiger partial charge on any atom is -0.311 e. The lowest BCUT2D eigenvalue weighted by Gasteiger charge is -2.17. The summed E-state index contributed by atoms with van der Waals surface area (Å²) in [5.41, 5.74) is 0.577. The van der Waals surface area contributed by atoms with Crippen LogP contribution in [0.15, 0.2) is 47.4 Å². The van der Waals surface area contributed by atoms with E-state index in [-0.39, 0.29) is 18.9 Å². The highest BCUT2D eigenvalue weighted by Gasteiger charge is 2.34. The topological polar surface area (TPSA) is 66.5 Å². The van der Waals surface area contributed by atoms with Crippen molar-refractivity contribution in [1.82, 2.24) is 4.72 Å². The Hall–Kier alpha value is -2.03. The number of carbonyl (C=O) groups is 1. The number of nitrogens with zero attached hydrogens (tertiary/aromatic N) is 1. The minimum absolute atomic E-state index is 0.0800. The van der Waals surface area contributed by atoms with Crippen molar-refractivity contribution in [2.75, 3.05) is 11.4 Å². The fraction of sp³-hybridized carbons (Fsp3) is 0.188. The Morgan fingerprint density at radius 2 is 1.80 bits per heavy atom. The first-order valence-electron chi connectivity index (χ1n) is 7.29. The van der Waals surface area contributed by atoms with Crippen LogP contribution in [0.5, 0.6) is 0 Å². The van der Waals surface area contributed by atoms with Gasteiger partial charge in [0.15, 0.2) is 0 Å². The van der Waals surface area contributed by atoms with E-state index >= 15 is 0 Å². The van der Waals surface area contributed by atoms with Gasteiger partial charge in [0.1, 0.15) is 16.5 Å². The van der Waals surface area contributed by atoms with E-state index in [1.165, 1.54) is 4.90 Å². The van der Waals surface area contributed by atoms with Crippen molar-refractivity contribution in [3.05, 3.63) is 59.1 Å². The fourth-order valence-corrected chi connectivity index (χ4v) is 4.07. The molecular weight excluding hydrogens is 374 g/mol. The zero-order chi connectivity index (χ0) is 18.2. The lowest BCUT2D eigenvalue weighted by Crippen LogP contribution is -2.37. The summed E-state index contributed by atoms with van der Waals surface area (Å²) in [6.07, 6.45) is -0.0845. The van der Waals surface area contributed by atoms with Crippen LogP contribution in [-0.4, -0.2) is 26.9 Å². The molecule has 1 aliphatic heterocycles. The van der Waals surface area contributed by atoms with Crippen molar-refractivity contribution in [3.8, 4) is 0 Å². The third-order valence-corrected chi connectivity index (χ3v) is 5.56. The maximum Gasteiger partial charge on any atom is 0.243 e. The van der Waals surface area contributed by atoms with Crippen LogP contribution in [0.3, 0.4) is 0 Å². The summed E-state index contributed by atoms with van der Waals surface area (Å²) in [5, 5.41) is 0.509. The molecule has 0 bridgehead atoms. The predicted molar refractivity (Wildman–Crippen MR) is 88.9 cm³/mol. The molecule has 0 aliphatic carbocycles. The summed E-state index contributed by atoms with van der Waals surface area (Å²) in [5.74, 6) is -2.21. The monoisotopic (exact) mass is 386 g/mol. The molecule has 0 unspecified atom stereocenters. The Labute approximate surface area is 148 Å². The number of carbonyl (C=O) groups excluding carboxylic acids is 1. The Balaban J connectivity index is 1.79. The van der Waals surface area contributed by atoms with E-state index in [2.05, 4.69) is 4.72 Å². The van der Waals surface area contributed by atoms with Crippen LogP contribution in [0.1, 0.15) is 6.42 Å². The molecule has 1 aliphatic rings. The zero-order valence-corrected chi connectivity index (χ0v) is 14.3. The molecule has 0 aromatic heterocycles. The molecule has 2 aromatic rings. The van der Waals surface area contributed by atoms with E-state index in [1.54, 1.807) is 24.3 Å². The van der Waals surface area contributed by atoms with E-state index in [0.29, 0.717) is 16.8 Å². The van der Waals surface area contributed by atoms with Gasteiger partial charge < -0.3 is 4.90 Å². The van der Waals surface area contributed by atoms with E-state index in [0.717, 1.165) is 12.1 Å². The molecule has 0 spiro atoms. The molecule has 25 heavy (non-hydrogen) atoms. The van der Waals surface area contributed by atoms with Gasteiger partial charge in [0, 0.05) is 29.7 Å². The Bertz CT molecular complexity index is 919. The lowest BCUT2D eigenvalue weighted by molar-refractivity contribution is -0.117. The molecule has 2 aromatic carbocycles. The van der Waals surface area contributed by atoms with Crippen molar-refractivity contribution in [1.29, 1.82) is 0 Å². The number of rotatable bonds is 4. The lowest BCUT2D eigenvalue weighted by atomic mass is 10.3. The highest BCUT2D eigenvalue weighted by molar-refractivity contribution is 7.89. The molecule has 1 N–H and O–H groups in total. The number of hydrogen-bond donors (Lipinski definition) is 1. The van der Waals surface area contributed by atoms with Crippen LogP contribution in [0, 0.1) is 11.6 Å². The minimum atomic E-state index is -4.30. The zero-order valence-electron chi connectivity index (χ0n) is 12.7. The molecule has 5 nitrogen and oxygen atoms in total. The molecule has 1 atom stereocenters. The highest BCUT2D eigenvalue weighted by atomic mass is 35.5. The van der Waals surface area contributed by atoms with Gasteiger partial charge in [-0.2, -0.15) is 0 Å². The van der Waals surface area contributed by atoms with Crippen molar-refractivity contribution in [2.24, 2.45) is 0 Å². The second-order valence-corrected chi connectivity index (χ2v) is 7.70. The Morgan fingerprint density at radius 3 is 2.48 bits per heavy atom. The van der Waals surface area contributed by atoms with Gasteiger partial charge >= 0.3 is 0 Å². The van der Waals surface area contributed by atoms with Crippen molar-refractivity contribution in [2.45, 2.75) is 17.4 Å². The molecule has 0 radical (unpaired) electrons. The maximum atomic E-state index is 13.7. The van der Waals surface area contributed by atoms with Crippen LogP contribution in [0.4, 0.5) is 14.5 Å². The number of sulfonamides is 1. The van der Waals surface area contributed by atoms with Gasteiger partial charge in [0.2, 0.25) is 15.9 Å². The van der Waals surface area contributed by atoms with Crippen molar-refractivity contribution < 1.29 is 22.0 Å². The molecular formula is C16H13ClF2N2O3S. The van der Waals surface area contributed by atoms with E-state index in [9.17, 15) is 22.0 Å². The smallest absolute Gasteiger partial charge is 0.243 e. The number of anilines is 1. The first-order valence-corrected chi connectivity index (χ1v) is 9.16. The molecule has 0 saturated carbocycles. The van der Waals surface area contributed by atoms with Gasteiger partial charge in [0.25, 0.3) is 0 Å². The van der Waals surface area contributed by atoms with Crippen LogP contribution in [-0.2, 0) is 14.8 Å². The fourth-order valence-electron chi connectivity index (χ4n) is 2.62. The third kappa shape index (κ3) is 3.81. The summed E-state index contributed by atoms with van der Waals surface area (Å²) >= 11 is 5.80. The van der Waals surface area contributed by atoms with Gasteiger partial charge in [-0.05, 0) is 42.5 Å². The van der Waals surface area contributed by atoms with Crippen LogP contribution in [0.25, 0.3) is 0 Å². The third-order valence-electron chi connectivity index (χ3n) is 3.77. The van der Waals surface area contributed by atoms with Gasteiger partial charge in [-0.15, -0.1) is 0 Å². The number of hydrogen-bond acceptors (Lipinski definition) is 3. The standard InChI is InChI=1S/C16H13ClF2N2O3S/c17-10-1-4-13(5-2-10)21-9-12(8-16(21)22)20-25(23,24)15-7-11(18)3-6-14(15)19/h1-7,12,20H,8-9H2/t12-/m0/s1. The first kappa shape index (κ1) is 17.8. The van der Waals surface area contributed by atoms with Crippen molar-refractivity contribution >= 4 is 33.2 Å². The molecule has 1 saturated heterocycles. The second kappa shape index (κ2) is 6.70. The summed E-state index contributed by atoms with van der Waals surface area (Å²) in [6, 6.07) is 7.93. The normalized spacial score (nSPS) is 18.0. The Kier molecular flexibility index (Phi) is 4.77. The van der Waals surface area contributed by atoms with Crippen LogP contribution >= 0.6 is 11.6 Å². The first-order chi connectivity index (χ1) is 11.8. The maximum absolute atomic E-state index is 13.7. The molecule has 1 fully saturated rings. The van der Waals surface area contributed by atoms with Gasteiger partial charge in [-0.1, -0.05) is 11.6 Å². The number of halogens is 3. The summed E-state index contributed by atoms with van der Waals surface area (Å²) < 4.78 is 53.8. The van der Waals surface area contributed by atoms with Gasteiger partial charge in [0.05, 0.1) is 0 Å². The molecule has 3 rings (SSSR count). The van der Waals surface area contributed by atoms with Crippen LogP contribution in [0.2, 0.25) is 5.02 Å². The van der Waals surface area contributed by atoms with E-state index in [1.807, 2.05) is 0 Å². The SMILES string of the molecule is O=C1C[C@H](NS(=O)(=O)c2cc(F)ccc2F)CN1c1ccc(Cl)cc1. The highest BCUT2D eigenvalue weighted by Crippen LogP contribution is 2.24. The molecule has 9 heteroatoms. The van der Waals surface area contributed by atoms with E-state index in [4.69, 9.17) is 11.6 Å². The van der Waals surface area contributed by atoms with Gasteiger partial charge in [-0.25, -0.2) is 21.9 Å². The average Bonchev–Trinajstić information content (AvgIpc) is 2.90. The average molecular weight is 387 g/mol. The summed E-state index contributed by atoms with van der Waals surface area (Å²) in [7, 11) is -4.30. The van der Waals surface area contributed by atoms with Crippen LogP contribution < -0.4 is 9.62 Å². The van der Waals surface area contributed by atoms with E-state index < -0.39 is 32.6 Å². The van der Waals surface area contributed by atoms with Gasteiger partial charge in [-0.3, -0.25) is 4.79 Å². The molecule has 132 valence electrons. The summed E-state index contributed by atoms with van der Waals surface area (Å²) in [4.78, 5) is 12.8. The molecule has 1 heterocycles. The predicted octanol–water partition coefficient (Wildman–Crippen LogP) is 2.70. The quantitative estimate of drug-likeness (QED) is 0.878.